The average molecular weight is 405 g/mol. The Labute approximate surface area is 170 Å². The van der Waals surface area contributed by atoms with Crippen LogP contribution < -0.4 is 19.6 Å². The van der Waals surface area contributed by atoms with E-state index in [2.05, 4.69) is 10.5 Å². The second-order valence-corrected chi connectivity index (χ2v) is 6.36. The van der Waals surface area contributed by atoms with Crippen molar-refractivity contribution in [2.75, 3.05) is 20.3 Å². The molecule has 0 aliphatic heterocycles. The summed E-state index contributed by atoms with van der Waals surface area (Å²) in [7, 11) is 1.54. The summed E-state index contributed by atoms with van der Waals surface area (Å²) in [6, 6.07) is 10.3. The molecule has 0 spiro atoms. The number of hydrogen-bond donors (Lipinski definition) is 1. The number of halogens is 1. The van der Waals surface area contributed by atoms with Gasteiger partial charge in [-0.3, -0.25) is 4.79 Å². The van der Waals surface area contributed by atoms with E-state index in [9.17, 15) is 4.79 Å². The molecule has 28 heavy (non-hydrogen) atoms. The van der Waals surface area contributed by atoms with Crippen LogP contribution in [0.15, 0.2) is 41.5 Å². The minimum atomic E-state index is -0.320. The number of nitrogens with one attached hydrogen (secondary N) is 1. The fourth-order valence-electron chi connectivity index (χ4n) is 2.31. The minimum Gasteiger partial charge on any atom is -0.494 e. The maximum Gasteiger partial charge on any atom is 0.271 e. The molecule has 0 aliphatic rings. The largest absolute Gasteiger partial charge is 0.494 e. The molecule has 0 aliphatic carbocycles. The van der Waals surface area contributed by atoms with Gasteiger partial charge in [-0.2, -0.15) is 5.10 Å². The first-order chi connectivity index (χ1) is 13.6. The average Bonchev–Trinajstić information content (AvgIpc) is 2.71. The van der Waals surface area contributed by atoms with Gasteiger partial charge in [-0.05, 0) is 54.8 Å². The lowest BCUT2D eigenvalue weighted by Gasteiger charge is -2.12. The lowest BCUT2D eigenvalue weighted by atomic mass is 10.2. The maximum atomic E-state index is 12.2. The summed E-state index contributed by atoms with van der Waals surface area (Å²) in [5, 5.41) is 4.41. The predicted octanol–water partition coefficient (Wildman–Crippen LogP) is 4.69. The van der Waals surface area contributed by atoms with E-state index in [0.29, 0.717) is 40.9 Å². The summed E-state index contributed by atoms with van der Waals surface area (Å²) in [6.07, 6.45) is 3.28. The number of hydrazone groups is 1. The highest BCUT2D eigenvalue weighted by atomic mass is 35.5. The number of hydrogen-bond acceptors (Lipinski definition) is 5. The molecule has 1 amide bonds. The summed E-state index contributed by atoms with van der Waals surface area (Å²) in [6.45, 7) is 5.23. The van der Waals surface area contributed by atoms with Gasteiger partial charge in [0.2, 0.25) is 0 Å². The van der Waals surface area contributed by atoms with Crippen LogP contribution in [0.3, 0.4) is 0 Å². The predicted molar refractivity (Wildman–Crippen MR) is 111 cm³/mol. The number of ether oxygens (including phenoxy) is 3. The number of methoxy groups -OCH3 is 1. The number of rotatable bonds is 10. The highest BCUT2D eigenvalue weighted by molar-refractivity contribution is 6.32. The zero-order valence-corrected chi connectivity index (χ0v) is 17.1. The molecule has 7 heteroatoms. The van der Waals surface area contributed by atoms with Gasteiger partial charge in [-0.1, -0.05) is 25.4 Å². The molecule has 0 fully saturated rings. The SMILES string of the molecule is CCCOc1ccc(C(=O)N/N=C\c2cc(Cl)c(OCCC)c(OC)c2)cc1. The minimum absolute atomic E-state index is 0.320. The van der Waals surface area contributed by atoms with Gasteiger partial charge in [0.05, 0.1) is 31.6 Å². The fraction of sp³-hybridized carbons (Fsp3) is 0.333. The van der Waals surface area contributed by atoms with Crippen molar-refractivity contribution in [3.63, 3.8) is 0 Å². The third-order valence-electron chi connectivity index (χ3n) is 3.67. The quantitative estimate of drug-likeness (QED) is 0.460. The molecule has 0 bridgehead atoms. The molecule has 0 heterocycles. The van der Waals surface area contributed by atoms with Crippen LogP contribution in [0.1, 0.15) is 42.6 Å². The third kappa shape index (κ3) is 6.16. The number of amides is 1. The van der Waals surface area contributed by atoms with Crippen LogP contribution in [-0.2, 0) is 0 Å². The molecule has 0 saturated heterocycles. The molecule has 0 atom stereocenters. The van der Waals surface area contributed by atoms with Crippen molar-refractivity contribution in [3.05, 3.63) is 52.5 Å². The van der Waals surface area contributed by atoms with Crippen molar-refractivity contribution in [2.24, 2.45) is 5.10 Å². The van der Waals surface area contributed by atoms with Gasteiger partial charge < -0.3 is 14.2 Å². The van der Waals surface area contributed by atoms with Crippen LogP contribution in [0.4, 0.5) is 0 Å². The number of nitrogens with zero attached hydrogens (tertiary/aromatic N) is 1. The maximum absolute atomic E-state index is 12.2. The van der Waals surface area contributed by atoms with E-state index in [4.69, 9.17) is 25.8 Å². The van der Waals surface area contributed by atoms with Crippen LogP contribution in [0.5, 0.6) is 17.2 Å². The van der Waals surface area contributed by atoms with Gasteiger partial charge in [0, 0.05) is 5.56 Å². The van der Waals surface area contributed by atoms with Crippen LogP contribution in [0, 0.1) is 0 Å². The van der Waals surface area contributed by atoms with Gasteiger partial charge >= 0.3 is 0 Å². The molecule has 0 unspecified atom stereocenters. The van der Waals surface area contributed by atoms with Crippen LogP contribution in [-0.4, -0.2) is 32.4 Å². The fourth-order valence-corrected chi connectivity index (χ4v) is 2.58. The van der Waals surface area contributed by atoms with Crippen molar-refractivity contribution in [2.45, 2.75) is 26.7 Å². The van der Waals surface area contributed by atoms with E-state index in [1.54, 1.807) is 43.5 Å². The first-order valence-electron chi connectivity index (χ1n) is 9.15. The lowest BCUT2D eigenvalue weighted by molar-refractivity contribution is 0.0955. The third-order valence-corrected chi connectivity index (χ3v) is 3.95. The highest BCUT2D eigenvalue weighted by Gasteiger charge is 2.11. The van der Waals surface area contributed by atoms with Crippen LogP contribution in [0.2, 0.25) is 5.02 Å². The second kappa shape index (κ2) is 11.2. The normalized spacial score (nSPS) is 10.7. The Morgan fingerprint density at radius 1 is 1.11 bits per heavy atom. The summed E-state index contributed by atoms with van der Waals surface area (Å²) in [5.74, 6) is 1.42. The standard InChI is InChI=1S/C21H25ClN2O4/c1-4-10-27-17-8-6-16(7-9-17)21(25)24-23-14-15-12-18(22)20(28-11-5-2)19(13-15)26-3/h6-9,12-14H,4-5,10-11H2,1-3H3,(H,24,25)/b23-14-. The number of benzene rings is 2. The van der Waals surface area contributed by atoms with Gasteiger partial charge in [0.15, 0.2) is 11.5 Å². The van der Waals surface area contributed by atoms with E-state index in [-0.39, 0.29) is 5.91 Å². The molecule has 0 radical (unpaired) electrons. The Bertz CT molecular complexity index is 807. The van der Waals surface area contributed by atoms with Crippen LogP contribution >= 0.6 is 11.6 Å². The van der Waals surface area contributed by atoms with E-state index in [0.717, 1.165) is 18.6 Å². The molecule has 2 aromatic rings. The molecule has 6 nitrogen and oxygen atoms in total. The summed E-state index contributed by atoms with van der Waals surface area (Å²) >= 11 is 6.27. The molecular weight excluding hydrogens is 380 g/mol. The zero-order chi connectivity index (χ0) is 20.4. The Kier molecular flexibility index (Phi) is 8.62. The van der Waals surface area contributed by atoms with E-state index in [1.165, 1.54) is 6.21 Å². The van der Waals surface area contributed by atoms with E-state index < -0.39 is 0 Å². The summed E-state index contributed by atoms with van der Waals surface area (Å²) in [4.78, 5) is 12.2. The Balaban J connectivity index is 2.01. The van der Waals surface area contributed by atoms with Gasteiger partial charge in [0.25, 0.3) is 5.91 Å². The molecule has 0 aromatic heterocycles. The highest BCUT2D eigenvalue weighted by Crippen LogP contribution is 2.36. The smallest absolute Gasteiger partial charge is 0.271 e. The first kappa shape index (κ1) is 21.6. The van der Waals surface area contributed by atoms with Crippen molar-refractivity contribution in [3.8, 4) is 17.2 Å². The summed E-state index contributed by atoms with van der Waals surface area (Å²) in [5.41, 5.74) is 3.65. The van der Waals surface area contributed by atoms with Gasteiger partial charge in [0.1, 0.15) is 5.75 Å². The first-order valence-corrected chi connectivity index (χ1v) is 9.53. The molecule has 150 valence electrons. The molecule has 2 rings (SSSR count). The van der Waals surface area contributed by atoms with E-state index in [1.807, 2.05) is 13.8 Å². The van der Waals surface area contributed by atoms with Crippen molar-refractivity contribution < 1.29 is 19.0 Å². The zero-order valence-electron chi connectivity index (χ0n) is 16.3. The van der Waals surface area contributed by atoms with Crippen molar-refractivity contribution in [1.29, 1.82) is 0 Å². The summed E-state index contributed by atoms with van der Waals surface area (Å²) < 4.78 is 16.4. The molecular formula is C21H25ClN2O4. The monoisotopic (exact) mass is 404 g/mol. The molecule has 2 aromatic carbocycles. The number of carbonyl (C=O) groups is 1. The Morgan fingerprint density at radius 2 is 1.79 bits per heavy atom. The van der Waals surface area contributed by atoms with E-state index >= 15 is 0 Å². The number of carbonyl (C=O) groups excluding carboxylic acids is 1. The second-order valence-electron chi connectivity index (χ2n) is 5.95. The van der Waals surface area contributed by atoms with Crippen LogP contribution in [0.25, 0.3) is 0 Å². The Hall–Kier alpha value is -2.73. The van der Waals surface area contributed by atoms with Crippen molar-refractivity contribution >= 4 is 23.7 Å². The van der Waals surface area contributed by atoms with Gasteiger partial charge in [-0.25, -0.2) is 5.43 Å². The topological polar surface area (TPSA) is 69.2 Å². The Morgan fingerprint density at radius 3 is 2.43 bits per heavy atom. The lowest BCUT2D eigenvalue weighted by Crippen LogP contribution is -2.17. The molecule has 0 saturated carbocycles. The molecule has 1 N–H and O–H groups in total. The van der Waals surface area contributed by atoms with Crippen molar-refractivity contribution in [1.82, 2.24) is 5.43 Å². The van der Waals surface area contributed by atoms with Gasteiger partial charge in [-0.15, -0.1) is 0 Å².